The summed E-state index contributed by atoms with van der Waals surface area (Å²) in [5, 5.41) is 9.70. The van der Waals surface area contributed by atoms with E-state index < -0.39 is 5.97 Å². The Morgan fingerprint density at radius 2 is 1.83 bits per heavy atom. The molecule has 5 nitrogen and oxygen atoms in total. The Balaban J connectivity index is 1.69. The molecule has 0 aliphatic carbocycles. The van der Waals surface area contributed by atoms with E-state index in [9.17, 15) is 9.59 Å². The van der Waals surface area contributed by atoms with Crippen LogP contribution in [0.2, 0.25) is 0 Å². The van der Waals surface area contributed by atoms with Crippen LogP contribution in [0.5, 0.6) is 0 Å². The number of nitriles is 1. The Labute approximate surface area is 224 Å². The van der Waals surface area contributed by atoms with Crippen LogP contribution >= 0.6 is 39.0 Å². The highest BCUT2D eigenvalue weighted by molar-refractivity contribution is 9.10. The second-order valence-corrected chi connectivity index (χ2v) is 11.1. The zero-order chi connectivity index (χ0) is 25.2. The van der Waals surface area contributed by atoms with E-state index >= 15 is 0 Å². The number of halogens is 1. The number of benzene rings is 2. The van der Waals surface area contributed by atoms with Crippen molar-refractivity contribution < 1.29 is 14.3 Å². The smallest absolute Gasteiger partial charge is 0.341 e. The third kappa shape index (κ3) is 4.46. The molecule has 0 radical (unpaired) electrons. The average molecular weight is 576 g/mol. The summed E-state index contributed by atoms with van der Waals surface area (Å²) in [6.07, 6.45) is 1.91. The molecule has 8 heteroatoms. The van der Waals surface area contributed by atoms with Gasteiger partial charge in [0.05, 0.1) is 43.9 Å². The number of ketones is 1. The van der Waals surface area contributed by atoms with Gasteiger partial charge >= 0.3 is 5.97 Å². The summed E-state index contributed by atoms with van der Waals surface area (Å²) in [5.74, 6) is 0.0777. The molecule has 0 amide bonds. The Hall–Kier alpha value is -3.38. The van der Waals surface area contributed by atoms with Gasteiger partial charge in [0.15, 0.2) is 0 Å². The molecule has 0 aliphatic heterocycles. The summed E-state index contributed by atoms with van der Waals surface area (Å²) in [6, 6.07) is 22.5. The molecule has 0 unspecified atom stereocenters. The third-order valence-electron chi connectivity index (χ3n) is 5.70. The molecule has 5 rings (SSSR count). The summed E-state index contributed by atoms with van der Waals surface area (Å²) in [5.41, 5.74) is 4.18. The van der Waals surface area contributed by atoms with Crippen LogP contribution < -0.4 is 0 Å². The number of fused-ring (bicyclic) bond motifs is 3. The summed E-state index contributed by atoms with van der Waals surface area (Å²) >= 11 is 6.43. The van der Waals surface area contributed by atoms with Crippen molar-refractivity contribution in [2.75, 3.05) is 6.61 Å². The van der Waals surface area contributed by atoms with Crippen molar-refractivity contribution in [2.24, 2.45) is 0 Å². The van der Waals surface area contributed by atoms with Crippen molar-refractivity contribution in [2.45, 2.75) is 16.9 Å². The molecule has 0 bridgehead atoms. The Kier molecular flexibility index (Phi) is 6.97. The van der Waals surface area contributed by atoms with Crippen molar-refractivity contribution in [3.8, 4) is 6.07 Å². The molecular formula is C28H19BrN2O3S2. The van der Waals surface area contributed by atoms with Gasteiger partial charge in [-0.05, 0) is 61.0 Å². The zero-order valence-corrected chi connectivity index (χ0v) is 22.4. The van der Waals surface area contributed by atoms with Crippen LogP contribution in [0.4, 0.5) is 0 Å². The highest BCUT2D eigenvalue weighted by atomic mass is 79.9. The van der Waals surface area contributed by atoms with Gasteiger partial charge in [-0.25, -0.2) is 4.79 Å². The molecule has 0 aliphatic rings. The van der Waals surface area contributed by atoms with Crippen LogP contribution in [0.1, 0.15) is 43.6 Å². The summed E-state index contributed by atoms with van der Waals surface area (Å²) in [6.45, 7) is 2.01. The van der Waals surface area contributed by atoms with Crippen molar-refractivity contribution in [3.63, 3.8) is 0 Å². The number of thioether (sulfide) groups is 1. The van der Waals surface area contributed by atoms with Crippen LogP contribution in [-0.4, -0.2) is 22.8 Å². The molecule has 178 valence electrons. The van der Waals surface area contributed by atoms with Crippen molar-refractivity contribution in [1.82, 2.24) is 4.40 Å². The van der Waals surface area contributed by atoms with Gasteiger partial charge in [0.25, 0.3) is 0 Å². The van der Waals surface area contributed by atoms with E-state index in [-0.39, 0.29) is 12.4 Å². The Morgan fingerprint density at radius 1 is 1.08 bits per heavy atom. The predicted octanol–water partition coefficient (Wildman–Crippen LogP) is 7.49. The van der Waals surface area contributed by atoms with Gasteiger partial charge in [-0.1, -0.05) is 34.1 Å². The van der Waals surface area contributed by atoms with E-state index in [0.717, 1.165) is 19.8 Å². The van der Waals surface area contributed by atoms with Crippen LogP contribution in [0, 0.1) is 11.3 Å². The molecule has 3 aromatic heterocycles. The number of nitrogens with zero attached hydrogens (tertiary/aromatic N) is 2. The standard InChI is InChI=1S/C28H19BrN2O3S2/c1-2-34-27(33)22-21-5-3-4-14-31(21)24-23(22)26(25(32)19-10-12-20(29)13-11-19)36-28(24)35-16-18-8-6-17(15-30)7-9-18/h3-14H,2,16H2,1H3. The zero-order valence-electron chi connectivity index (χ0n) is 19.2. The summed E-state index contributed by atoms with van der Waals surface area (Å²) in [7, 11) is 0. The normalized spacial score (nSPS) is 11.0. The van der Waals surface area contributed by atoms with E-state index in [0.29, 0.717) is 38.2 Å². The van der Waals surface area contributed by atoms with E-state index in [1.54, 1.807) is 43.0 Å². The van der Waals surface area contributed by atoms with Gasteiger partial charge in [-0.15, -0.1) is 23.1 Å². The maximum absolute atomic E-state index is 13.7. The molecule has 0 spiro atoms. The minimum Gasteiger partial charge on any atom is -0.462 e. The first kappa shape index (κ1) is 24.3. The first-order valence-electron chi connectivity index (χ1n) is 11.2. The maximum atomic E-state index is 13.7. The van der Waals surface area contributed by atoms with Crippen LogP contribution in [0.25, 0.3) is 16.4 Å². The van der Waals surface area contributed by atoms with Gasteiger partial charge in [0.2, 0.25) is 5.78 Å². The molecule has 36 heavy (non-hydrogen) atoms. The van der Waals surface area contributed by atoms with Crippen molar-refractivity contribution >= 4 is 67.2 Å². The number of rotatable bonds is 7. The van der Waals surface area contributed by atoms with Crippen molar-refractivity contribution in [3.05, 3.63) is 105 Å². The SMILES string of the molecule is CCOC(=O)c1c2c(C(=O)c3ccc(Br)cc3)sc(SCc3ccc(C#N)cc3)c2n2ccccc12. The lowest BCUT2D eigenvalue weighted by molar-refractivity contribution is 0.0531. The number of carbonyl (C=O) groups is 2. The molecule has 2 aromatic carbocycles. The first-order valence-corrected chi connectivity index (χ1v) is 13.8. The quantitative estimate of drug-likeness (QED) is 0.114. The summed E-state index contributed by atoms with van der Waals surface area (Å²) in [4.78, 5) is 27.4. The number of carbonyl (C=O) groups excluding carboxylic acids is 2. The number of ether oxygens (including phenoxy) is 1. The number of thiophene rings is 1. The molecule has 0 atom stereocenters. The lowest BCUT2D eigenvalue weighted by atomic mass is 10.1. The lowest BCUT2D eigenvalue weighted by Gasteiger charge is -2.04. The largest absolute Gasteiger partial charge is 0.462 e. The van der Waals surface area contributed by atoms with E-state index in [4.69, 9.17) is 10.00 Å². The lowest BCUT2D eigenvalue weighted by Crippen LogP contribution is -2.06. The van der Waals surface area contributed by atoms with Gasteiger partial charge in [0, 0.05) is 27.4 Å². The minimum atomic E-state index is -0.442. The van der Waals surface area contributed by atoms with Crippen LogP contribution in [-0.2, 0) is 10.5 Å². The van der Waals surface area contributed by atoms with Crippen LogP contribution in [0.3, 0.4) is 0 Å². The van der Waals surface area contributed by atoms with Crippen LogP contribution in [0.15, 0.2) is 81.6 Å². The van der Waals surface area contributed by atoms with Gasteiger partial charge < -0.3 is 9.14 Å². The fraction of sp³-hybridized carbons (Fsp3) is 0.107. The Bertz CT molecular complexity index is 1650. The first-order chi connectivity index (χ1) is 17.5. The van der Waals surface area contributed by atoms with E-state index in [1.807, 2.05) is 53.1 Å². The number of hydrogen-bond acceptors (Lipinski definition) is 6. The van der Waals surface area contributed by atoms with Gasteiger partial charge in [-0.2, -0.15) is 5.26 Å². The number of hydrogen-bond donors (Lipinski definition) is 0. The molecule has 0 N–H and O–H groups in total. The highest BCUT2D eigenvalue weighted by Gasteiger charge is 2.29. The predicted molar refractivity (Wildman–Crippen MR) is 147 cm³/mol. The van der Waals surface area contributed by atoms with E-state index in [2.05, 4.69) is 22.0 Å². The molecule has 0 saturated carbocycles. The highest BCUT2D eigenvalue weighted by Crippen LogP contribution is 2.44. The minimum absolute atomic E-state index is 0.135. The molecule has 0 fully saturated rings. The van der Waals surface area contributed by atoms with E-state index in [1.165, 1.54) is 11.3 Å². The van der Waals surface area contributed by atoms with Crippen molar-refractivity contribution in [1.29, 1.82) is 5.26 Å². The Morgan fingerprint density at radius 3 is 2.53 bits per heavy atom. The summed E-state index contributed by atoms with van der Waals surface area (Å²) < 4.78 is 9.21. The third-order valence-corrected chi connectivity index (χ3v) is 8.74. The number of aromatic nitrogens is 1. The second kappa shape index (κ2) is 10.3. The maximum Gasteiger partial charge on any atom is 0.341 e. The molecule has 0 saturated heterocycles. The molecular weight excluding hydrogens is 556 g/mol. The molecule has 5 aromatic rings. The van der Waals surface area contributed by atoms with Gasteiger partial charge in [-0.3, -0.25) is 4.79 Å². The fourth-order valence-electron chi connectivity index (χ4n) is 4.05. The number of pyridine rings is 1. The molecule has 3 heterocycles. The second-order valence-electron chi connectivity index (χ2n) is 7.93. The fourth-order valence-corrected chi connectivity index (χ4v) is 6.79. The average Bonchev–Trinajstić information content (AvgIpc) is 3.44. The topological polar surface area (TPSA) is 71.6 Å². The van der Waals surface area contributed by atoms with Gasteiger partial charge in [0.1, 0.15) is 0 Å². The monoisotopic (exact) mass is 574 g/mol. The number of esters is 1.